The van der Waals surface area contributed by atoms with Gasteiger partial charge in [0.2, 0.25) is 11.0 Å². The van der Waals surface area contributed by atoms with Crippen LogP contribution in [0.5, 0.6) is 0 Å². The Morgan fingerprint density at radius 1 is 1.31 bits per heavy atom. The first-order valence-corrected chi connectivity index (χ1v) is 10.8. The molecule has 1 aromatic carbocycles. The second-order valence-corrected chi connectivity index (χ2v) is 9.58. The van der Waals surface area contributed by atoms with Crippen molar-refractivity contribution >= 4 is 39.8 Å². The molecule has 1 unspecified atom stereocenters. The van der Waals surface area contributed by atoms with Gasteiger partial charge in [-0.05, 0) is 56.7 Å². The first kappa shape index (κ1) is 19.2. The van der Waals surface area contributed by atoms with Crippen molar-refractivity contribution < 1.29 is 4.79 Å². The summed E-state index contributed by atoms with van der Waals surface area (Å²) in [7, 11) is 0. The highest BCUT2D eigenvalue weighted by atomic mass is 32.2. The molecule has 1 N–H and O–H groups in total. The molecule has 26 heavy (non-hydrogen) atoms. The summed E-state index contributed by atoms with van der Waals surface area (Å²) in [6.45, 7) is 10.2. The Hall–Kier alpha value is -1.60. The lowest BCUT2D eigenvalue weighted by atomic mass is 9.99. The van der Waals surface area contributed by atoms with Crippen LogP contribution in [-0.2, 0) is 4.79 Å². The number of aryl methyl sites for hydroxylation is 1. The van der Waals surface area contributed by atoms with Crippen LogP contribution in [0.15, 0.2) is 22.5 Å². The second kappa shape index (κ2) is 8.39. The number of carbonyl (C=O) groups excluding carboxylic acids is 1. The zero-order valence-corrected chi connectivity index (χ0v) is 17.4. The van der Waals surface area contributed by atoms with E-state index in [0.29, 0.717) is 0 Å². The van der Waals surface area contributed by atoms with E-state index in [0.717, 1.165) is 47.0 Å². The van der Waals surface area contributed by atoms with E-state index >= 15 is 0 Å². The SMILES string of the molecule is Cc1cccc(Nc2nnc(SC(C)C(=O)N3CCC(C)CC3)s2)c1C. The molecule has 1 aliphatic heterocycles. The van der Waals surface area contributed by atoms with Crippen LogP contribution < -0.4 is 5.32 Å². The standard InChI is InChI=1S/C19H26N4OS2/c1-12-8-10-23(11-9-12)17(24)15(4)25-19-22-21-18(26-19)20-16-7-5-6-13(2)14(16)3/h5-7,12,15H,8-11H2,1-4H3,(H,20,21). The Kier molecular flexibility index (Phi) is 6.19. The fourth-order valence-electron chi connectivity index (χ4n) is 3.00. The number of nitrogens with zero attached hydrogens (tertiary/aromatic N) is 3. The highest BCUT2D eigenvalue weighted by Gasteiger charge is 2.26. The van der Waals surface area contributed by atoms with Gasteiger partial charge in [0.15, 0.2) is 4.34 Å². The zero-order valence-electron chi connectivity index (χ0n) is 15.8. The van der Waals surface area contributed by atoms with Crippen molar-refractivity contribution in [1.29, 1.82) is 0 Å². The van der Waals surface area contributed by atoms with Crippen molar-refractivity contribution in [1.82, 2.24) is 15.1 Å². The minimum atomic E-state index is -0.134. The normalized spacial score (nSPS) is 16.5. The van der Waals surface area contributed by atoms with Crippen molar-refractivity contribution in [3.05, 3.63) is 29.3 Å². The lowest BCUT2D eigenvalue weighted by Gasteiger charge is -2.31. The fraction of sp³-hybridized carbons (Fsp3) is 0.526. The number of carbonyl (C=O) groups is 1. The number of rotatable bonds is 5. The predicted molar refractivity (Wildman–Crippen MR) is 109 cm³/mol. The number of hydrogen-bond donors (Lipinski definition) is 1. The molecule has 2 aromatic rings. The molecule has 1 amide bonds. The van der Waals surface area contributed by atoms with Crippen LogP contribution in [0.1, 0.15) is 37.8 Å². The molecule has 0 radical (unpaired) electrons. The second-order valence-electron chi connectivity index (χ2n) is 7.01. The number of aromatic nitrogens is 2. The van der Waals surface area contributed by atoms with Gasteiger partial charge in [0.1, 0.15) is 0 Å². The van der Waals surface area contributed by atoms with E-state index in [4.69, 9.17) is 0 Å². The highest BCUT2D eigenvalue weighted by molar-refractivity contribution is 8.02. The summed E-state index contributed by atoms with van der Waals surface area (Å²) >= 11 is 2.99. The number of piperidine rings is 1. The Bertz CT molecular complexity index is 769. The minimum absolute atomic E-state index is 0.134. The van der Waals surface area contributed by atoms with Gasteiger partial charge in [-0.3, -0.25) is 4.79 Å². The Morgan fingerprint density at radius 3 is 2.77 bits per heavy atom. The van der Waals surface area contributed by atoms with Crippen molar-refractivity contribution in [2.45, 2.75) is 50.1 Å². The summed E-state index contributed by atoms with van der Waals surface area (Å²) < 4.78 is 0.823. The summed E-state index contributed by atoms with van der Waals surface area (Å²) in [6, 6.07) is 6.16. The van der Waals surface area contributed by atoms with Gasteiger partial charge in [-0.25, -0.2) is 0 Å². The van der Waals surface area contributed by atoms with Crippen molar-refractivity contribution in [3.63, 3.8) is 0 Å². The summed E-state index contributed by atoms with van der Waals surface area (Å²) in [6.07, 6.45) is 2.21. The number of likely N-dealkylation sites (tertiary alicyclic amines) is 1. The van der Waals surface area contributed by atoms with Crippen LogP contribution in [0.4, 0.5) is 10.8 Å². The topological polar surface area (TPSA) is 58.1 Å². The van der Waals surface area contributed by atoms with E-state index in [1.807, 2.05) is 24.0 Å². The highest BCUT2D eigenvalue weighted by Crippen LogP contribution is 2.32. The van der Waals surface area contributed by atoms with E-state index < -0.39 is 0 Å². The molecular formula is C19H26N4OS2. The molecule has 7 heteroatoms. The van der Waals surface area contributed by atoms with Crippen LogP contribution in [0, 0.1) is 19.8 Å². The van der Waals surface area contributed by atoms with Gasteiger partial charge in [0.05, 0.1) is 5.25 Å². The summed E-state index contributed by atoms with van der Waals surface area (Å²) in [5.74, 6) is 0.935. The molecule has 5 nitrogen and oxygen atoms in total. The van der Waals surface area contributed by atoms with Gasteiger partial charge in [0, 0.05) is 18.8 Å². The molecule has 0 saturated carbocycles. The first-order chi connectivity index (χ1) is 12.4. The number of amides is 1. The molecule has 1 saturated heterocycles. The molecule has 0 bridgehead atoms. The number of anilines is 2. The van der Waals surface area contributed by atoms with Crippen molar-refractivity contribution in [2.75, 3.05) is 18.4 Å². The van der Waals surface area contributed by atoms with E-state index in [-0.39, 0.29) is 11.2 Å². The zero-order chi connectivity index (χ0) is 18.7. The average Bonchev–Trinajstić information content (AvgIpc) is 3.06. The molecule has 3 rings (SSSR count). The molecule has 2 heterocycles. The maximum atomic E-state index is 12.6. The quantitative estimate of drug-likeness (QED) is 0.754. The van der Waals surface area contributed by atoms with Gasteiger partial charge in [0.25, 0.3) is 0 Å². The summed E-state index contributed by atoms with van der Waals surface area (Å²) in [5, 5.41) is 12.4. The molecule has 1 atom stereocenters. The molecular weight excluding hydrogens is 364 g/mol. The van der Waals surface area contributed by atoms with E-state index in [1.54, 1.807) is 0 Å². The van der Waals surface area contributed by atoms with Crippen LogP contribution in [0.3, 0.4) is 0 Å². The third kappa shape index (κ3) is 4.57. The maximum Gasteiger partial charge on any atom is 0.235 e. The van der Waals surface area contributed by atoms with Gasteiger partial charge in [-0.2, -0.15) is 0 Å². The van der Waals surface area contributed by atoms with Crippen LogP contribution >= 0.6 is 23.1 Å². The van der Waals surface area contributed by atoms with Gasteiger partial charge >= 0.3 is 0 Å². The molecule has 0 spiro atoms. The van der Waals surface area contributed by atoms with Crippen LogP contribution in [-0.4, -0.2) is 39.3 Å². The number of benzene rings is 1. The summed E-state index contributed by atoms with van der Waals surface area (Å²) in [4.78, 5) is 14.6. The predicted octanol–water partition coefficient (Wildman–Crippen LogP) is 4.64. The number of nitrogens with one attached hydrogen (secondary N) is 1. The molecule has 1 aliphatic rings. The van der Waals surface area contributed by atoms with E-state index in [2.05, 4.69) is 42.4 Å². The lowest BCUT2D eigenvalue weighted by Crippen LogP contribution is -2.41. The van der Waals surface area contributed by atoms with Gasteiger partial charge in [-0.15, -0.1) is 10.2 Å². The monoisotopic (exact) mass is 390 g/mol. The fourth-order valence-corrected chi connectivity index (χ4v) is 4.99. The molecule has 1 aromatic heterocycles. The average molecular weight is 391 g/mol. The van der Waals surface area contributed by atoms with E-state index in [9.17, 15) is 4.79 Å². The first-order valence-electron chi connectivity index (χ1n) is 9.06. The molecule has 140 valence electrons. The molecule has 1 fully saturated rings. The van der Waals surface area contributed by atoms with Crippen LogP contribution in [0.2, 0.25) is 0 Å². The number of hydrogen-bond acceptors (Lipinski definition) is 6. The Balaban J connectivity index is 1.59. The summed E-state index contributed by atoms with van der Waals surface area (Å²) in [5.41, 5.74) is 3.49. The smallest absolute Gasteiger partial charge is 0.235 e. The van der Waals surface area contributed by atoms with Gasteiger partial charge in [-0.1, -0.05) is 42.2 Å². The Labute approximate surface area is 163 Å². The van der Waals surface area contributed by atoms with Crippen LogP contribution in [0.25, 0.3) is 0 Å². The third-order valence-electron chi connectivity index (χ3n) is 4.97. The molecule has 0 aliphatic carbocycles. The minimum Gasteiger partial charge on any atom is -0.342 e. The lowest BCUT2D eigenvalue weighted by molar-refractivity contribution is -0.131. The van der Waals surface area contributed by atoms with Crippen molar-refractivity contribution in [2.24, 2.45) is 5.92 Å². The Morgan fingerprint density at radius 2 is 2.04 bits per heavy atom. The largest absolute Gasteiger partial charge is 0.342 e. The number of thioether (sulfide) groups is 1. The van der Waals surface area contributed by atoms with Gasteiger partial charge < -0.3 is 10.2 Å². The van der Waals surface area contributed by atoms with Crippen molar-refractivity contribution in [3.8, 4) is 0 Å². The van der Waals surface area contributed by atoms with E-state index in [1.165, 1.54) is 34.2 Å². The third-order valence-corrected chi connectivity index (χ3v) is 6.98. The maximum absolute atomic E-state index is 12.6.